The Bertz CT molecular complexity index is 407. The SMILES string of the molecule is CCOc1c(NCCCCCCO)c(=O)c1=O. The summed E-state index contributed by atoms with van der Waals surface area (Å²) in [5.74, 6) is 0.174. The molecule has 5 heteroatoms. The van der Waals surface area contributed by atoms with E-state index in [1.165, 1.54) is 0 Å². The van der Waals surface area contributed by atoms with E-state index in [0.29, 0.717) is 18.8 Å². The Hall–Kier alpha value is -1.36. The first-order valence-electron chi connectivity index (χ1n) is 6.03. The molecule has 2 N–H and O–H groups in total. The van der Waals surface area contributed by atoms with Crippen LogP contribution in [0.3, 0.4) is 0 Å². The number of anilines is 1. The lowest BCUT2D eigenvalue weighted by Gasteiger charge is -2.12. The highest BCUT2D eigenvalue weighted by molar-refractivity contribution is 5.61. The molecule has 0 bridgehead atoms. The fourth-order valence-corrected chi connectivity index (χ4v) is 1.62. The fraction of sp³-hybridized carbons (Fsp3) is 0.667. The van der Waals surface area contributed by atoms with Crippen LogP contribution in [0.2, 0.25) is 0 Å². The molecule has 0 aromatic heterocycles. The summed E-state index contributed by atoms with van der Waals surface area (Å²) in [6.45, 7) is 3.03. The molecular formula is C12H19NO4. The number of ether oxygens (including phenoxy) is 1. The molecule has 0 aliphatic rings. The Morgan fingerprint density at radius 3 is 2.47 bits per heavy atom. The number of aliphatic hydroxyl groups excluding tert-OH is 1. The van der Waals surface area contributed by atoms with Gasteiger partial charge in [-0.1, -0.05) is 12.8 Å². The van der Waals surface area contributed by atoms with E-state index in [1.54, 1.807) is 6.92 Å². The van der Waals surface area contributed by atoms with Crippen molar-refractivity contribution in [3.05, 3.63) is 20.4 Å². The van der Waals surface area contributed by atoms with Crippen LogP contribution in [0.5, 0.6) is 5.75 Å². The van der Waals surface area contributed by atoms with Gasteiger partial charge in [-0.3, -0.25) is 9.59 Å². The van der Waals surface area contributed by atoms with Gasteiger partial charge in [0.15, 0.2) is 5.75 Å². The molecule has 5 nitrogen and oxygen atoms in total. The largest absolute Gasteiger partial charge is 0.488 e. The summed E-state index contributed by atoms with van der Waals surface area (Å²) in [5, 5.41) is 11.5. The van der Waals surface area contributed by atoms with Gasteiger partial charge in [0.1, 0.15) is 5.69 Å². The van der Waals surface area contributed by atoms with Crippen molar-refractivity contribution in [3.63, 3.8) is 0 Å². The molecule has 0 saturated carbocycles. The molecule has 0 fully saturated rings. The van der Waals surface area contributed by atoms with Gasteiger partial charge in [-0.05, 0) is 19.8 Å². The number of aliphatic hydroxyl groups is 1. The molecule has 1 rings (SSSR count). The van der Waals surface area contributed by atoms with Gasteiger partial charge >= 0.3 is 0 Å². The van der Waals surface area contributed by atoms with Gasteiger partial charge in [0, 0.05) is 13.2 Å². The molecule has 1 aromatic carbocycles. The summed E-state index contributed by atoms with van der Waals surface area (Å²) in [4.78, 5) is 22.4. The molecule has 1 aromatic rings. The predicted molar refractivity (Wildman–Crippen MR) is 66.6 cm³/mol. The average molecular weight is 241 g/mol. The van der Waals surface area contributed by atoms with Crippen LogP contribution < -0.4 is 20.9 Å². The third kappa shape index (κ3) is 3.56. The summed E-state index contributed by atoms with van der Waals surface area (Å²) in [6, 6.07) is 0. The zero-order chi connectivity index (χ0) is 12.7. The van der Waals surface area contributed by atoms with Gasteiger partial charge in [0.05, 0.1) is 6.61 Å². The summed E-state index contributed by atoms with van der Waals surface area (Å²) >= 11 is 0. The van der Waals surface area contributed by atoms with Gasteiger partial charge < -0.3 is 15.2 Å². The Kier molecular flexibility index (Phi) is 5.69. The molecule has 0 atom stereocenters. The molecule has 96 valence electrons. The molecular weight excluding hydrogens is 222 g/mol. The molecule has 17 heavy (non-hydrogen) atoms. The molecule has 0 aliphatic carbocycles. The summed E-state index contributed by atoms with van der Waals surface area (Å²) in [7, 11) is 0. The van der Waals surface area contributed by atoms with Gasteiger partial charge in [-0.2, -0.15) is 0 Å². The van der Waals surface area contributed by atoms with Crippen LogP contribution >= 0.6 is 0 Å². The maximum atomic E-state index is 11.2. The van der Waals surface area contributed by atoms with E-state index in [4.69, 9.17) is 9.84 Å². The van der Waals surface area contributed by atoms with E-state index in [1.807, 2.05) is 0 Å². The molecule has 0 radical (unpaired) electrons. The smallest absolute Gasteiger partial charge is 0.272 e. The van der Waals surface area contributed by atoms with Crippen molar-refractivity contribution < 1.29 is 9.84 Å². The monoisotopic (exact) mass is 241 g/mol. The Morgan fingerprint density at radius 2 is 1.82 bits per heavy atom. The minimum absolute atomic E-state index is 0.174. The Balaban J connectivity index is 2.30. The minimum atomic E-state index is -0.533. The van der Waals surface area contributed by atoms with E-state index >= 15 is 0 Å². The van der Waals surface area contributed by atoms with Gasteiger partial charge in [0.25, 0.3) is 10.9 Å². The maximum Gasteiger partial charge on any atom is 0.272 e. The van der Waals surface area contributed by atoms with Gasteiger partial charge in [-0.25, -0.2) is 0 Å². The average Bonchev–Trinajstić information content (AvgIpc) is 2.35. The lowest BCUT2D eigenvalue weighted by molar-refractivity contribution is 0.283. The van der Waals surface area contributed by atoms with E-state index in [9.17, 15) is 9.59 Å². The fourth-order valence-electron chi connectivity index (χ4n) is 1.62. The van der Waals surface area contributed by atoms with Crippen LogP contribution in [0.25, 0.3) is 0 Å². The summed E-state index contributed by atoms with van der Waals surface area (Å²) < 4.78 is 5.08. The van der Waals surface area contributed by atoms with Gasteiger partial charge in [-0.15, -0.1) is 0 Å². The van der Waals surface area contributed by atoms with E-state index in [-0.39, 0.29) is 12.4 Å². The van der Waals surface area contributed by atoms with Crippen LogP contribution in [-0.4, -0.2) is 24.9 Å². The molecule has 0 spiro atoms. The number of unbranched alkanes of at least 4 members (excludes halogenated alkanes) is 3. The zero-order valence-electron chi connectivity index (χ0n) is 10.1. The number of hydrogen-bond acceptors (Lipinski definition) is 5. The second-order valence-electron chi connectivity index (χ2n) is 3.86. The third-order valence-corrected chi connectivity index (χ3v) is 2.54. The van der Waals surface area contributed by atoms with Crippen molar-refractivity contribution in [1.29, 1.82) is 0 Å². The van der Waals surface area contributed by atoms with E-state index in [2.05, 4.69) is 5.32 Å². The first-order chi connectivity index (χ1) is 8.22. The van der Waals surface area contributed by atoms with Crippen LogP contribution in [-0.2, 0) is 0 Å². The predicted octanol–water partition coefficient (Wildman–Crippen LogP) is 0.646. The lowest BCUT2D eigenvalue weighted by Crippen LogP contribution is -2.36. The lowest BCUT2D eigenvalue weighted by atomic mass is 10.2. The van der Waals surface area contributed by atoms with Crippen LogP contribution in [0.15, 0.2) is 9.59 Å². The topological polar surface area (TPSA) is 75.6 Å². The molecule has 0 unspecified atom stereocenters. The second-order valence-corrected chi connectivity index (χ2v) is 3.86. The highest BCUT2D eigenvalue weighted by Crippen LogP contribution is 2.17. The normalized spacial score (nSPS) is 10.7. The van der Waals surface area contributed by atoms with Crippen molar-refractivity contribution in [2.24, 2.45) is 0 Å². The van der Waals surface area contributed by atoms with Crippen LogP contribution in [0.1, 0.15) is 32.6 Å². The highest BCUT2D eigenvalue weighted by Gasteiger charge is 2.21. The number of rotatable bonds is 9. The first kappa shape index (κ1) is 13.7. The van der Waals surface area contributed by atoms with E-state index in [0.717, 1.165) is 25.7 Å². The summed E-state index contributed by atoms with van der Waals surface area (Å²) in [6.07, 6.45) is 3.68. The standard InChI is InChI=1S/C12H19NO4/c1-2-17-12-9(10(15)11(12)16)13-7-5-3-4-6-8-14/h13-14H,2-8H2,1H3. The van der Waals surface area contributed by atoms with E-state index < -0.39 is 10.9 Å². The number of nitrogens with one attached hydrogen (secondary N) is 1. The molecule has 0 aliphatic heterocycles. The quantitative estimate of drug-likeness (QED) is 0.490. The third-order valence-electron chi connectivity index (χ3n) is 2.54. The van der Waals surface area contributed by atoms with Gasteiger partial charge in [0.2, 0.25) is 0 Å². The van der Waals surface area contributed by atoms with Crippen LogP contribution in [0.4, 0.5) is 5.69 Å². The number of hydrogen-bond donors (Lipinski definition) is 2. The first-order valence-corrected chi connectivity index (χ1v) is 6.03. The van der Waals surface area contributed by atoms with Crippen molar-refractivity contribution in [3.8, 4) is 5.75 Å². The summed E-state index contributed by atoms with van der Waals surface area (Å²) in [5.41, 5.74) is -0.697. The molecule has 0 heterocycles. The maximum absolute atomic E-state index is 11.2. The van der Waals surface area contributed by atoms with Crippen molar-refractivity contribution in [1.82, 2.24) is 0 Å². The second kappa shape index (κ2) is 7.06. The van der Waals surface area contributed by atoms with Crippen LogP contribution in [0, 0.1) is 0 Å². The molecule has 0 saturated heterocycles. The van der Waals surface area contributed by atoms with Crippen molar-refractivity contribution in [2.75, 3.05) is 25.1 Å². The molecule has 0 amide bonds. The Labute approximate surface area is 100 Å². The van der Waals surface area contributed by atoms with Crippen molar-refractivity contribution in [2.45, 2.75) is 32.6 Å². The zero-order valence-corrected chi connectivity index (χ0v) is 10.1. The van der Waals surface area contributed by atoms with Crippen molar-refractivity contribution >= 4 is 5.69 Å². The Morgan fingerprint density at radius 1 is 1.12 bits per heavy atom. The minimum Gasteiger partial charge on any atom is -0.488 e. The highest BCUT2D eigenvalue weighted by atomic mass is 16.5.